The number of benzene rings is 1. The molecule has 0 radical (unpaired) electrons. The lowest BCUT2D eigenvalue weighted by atomic mass is 10.1. The number of aromatic amines is 1. The van der Waals surface area contributed by atoms with E-state index >= 15 is 0 Å². The molecule has 1 aliphatic heterocycles. The van der Waals surface area contributed by atoms with Crippen molar-refractivity contribution in [2.24, 2.45) is 0 Å². The minimum atomic E-state index is -1.11. The first-order chi connectivity index (χ1) is 13.8. The molecule has 1 amide bonds. The van der Waals surface area contributed by atoms with Gasteiger partial charge in [-0.1, -0.05) is 30.3 Å². The van der Waals surface area contributed by atoms with E-state index < -0.39 is 41.7 Å². The summed E-state index contributed by atoms with van der Waals surface area (Å²) in [6, 6.07) is 8.41. The summed E-state index contributed by atoms with van der Waals surface area (Å²) in [7, 11) is 0. The van der Waals surface area contributed by atoms with Crippen LogP contribution in [0.4, 0.5) is 4.79 Å². The lowest BCUT2D eigenvalue weighted by Gasteiger charge is -2.17. The van der Waals surface area contributed by atoms with Crippen molar-refractivity contribution in [3.63, 3.8) is 0 Å². The topological polar surface area (TPSA) is 140 Å². The Balaban J connectivity index is 1.70. The molecule has 0 bridgehead atoms. The van der Waals surface area contributed by atoms with Crippen LogP contribution in [0.15, 0.2) is 46.1 Å². The first-order valence-corrected chi connectivity index (χ1v) is 9.00. The van der Waals surface area contributed by atoms with Gasteiger partial charge in [0.05, 0.1) is 18.6 Å². The number of aliphatic carboxylic acids is 1. The Morgan fingerprint density at radius 1 is 1.31 bits per heavy atom. The van der Waals surface area contributed by atoms with Crippen molar-refractivity contribution in [1.29, 1.82) is 0 Å². The number of rotatable bonds is 6. The molecule has 3 atom stereocenters. The van der Waals surface area contributed by atoms with Crippen LogP contribution < -0.4 is 16.6 Å². The number of aromatic nitrogens is 2. The molecule has 3 N–H and O–H groups in total. The number of nitrogens with zero attached hydrogens (tertiary/aromatic N) is 1. The van der Waals surface area contributed by atoms with Crippen molar-refractivity contribution >= 4 is 12.1 Å². The summed E-state index contributed by atoms with van der Waals surface area (Å²) >= 11 is 0. The number of hydrogen-bond acceptors (Lipinski definition) is 6. The number of nitrogens with one attached hydrogen (secondary N) is 2. The van der Waals surface area contributed by atoms with Crippen LogP contribution in [0.3, 0.4) is 0 Å². The molecule has 0 unspecified atom stereocenters. The van der Waals surface area contributed by atoms with Crippen LogP contribution in [0.2, 0.25) is 0 Å². The quantitative estimate of drug-likeness (QED) is 0.651. The molecule has 0 saturated carbocycles. The molecular weight excluding hydrogens is 382 g/mol. The standard InChI is InChI=1S/C19H21N3O7/c1-11-9-22(18(26)21-17(11)25)15-7-13(14(29-15)8-16(23)24)20-19(27)28-10-12-5-3-2-4-6-12/h2-6,9,13-15H,7-8,10H2,1H3,(H,20,27)(H,23,24)(H,21,25,26)/t13-,14+,15+/m0/s1. The van der Waals surface area contributed by atoms with Crippen molar-refractivity contribution in [3.05, 3.63) is 68.5 Å². The predicted octanol–water partition coefficient (Wildman–Crippen LogP) is 0.902. The van der Waals surface area contributed by atoms with Gasteiger partial charge in [0, 0.05) is 18.2 Å². The lowest BCUT2D eigenvalue weighted by Crippen LogP contribution is -2.41. The van der Waals surface area contributed by atoms with Gasteiger partial charge in [-0.05, 0) is 12.5 Å². The molecule has 1 aromatic heterocycles. The summed E-state index contributed by atoms with van der Waals surface area (Å²) in [6.45, 7) is 1.60. The minimum Gasteiger partial charge on any atom is -0.481 e. The number of carboxylic acid groups (broad SMARTS) is 1. The molecule has 0 aliphatic carbocycles. The first-order valence-electron chi connectivity index (χ1n) is 9.00. The third-order valence-electron chi connectivity index (χ3n) is 4.58. The van der Waals surface area contributed by atoms with Crippen LogP contribution in [0.25, 0.3) is 0 Å². The van der Waals surface area contributed by atoms with Gasteiger partial charge < -0.3 is 19.9 Å². The SMILES string of the molecule is Cc1cn([C@H]2C[C@H](NC(=O)OCc3ccccc3)[C@@H](CC(=O)O)O2)c(=O)[nH]c1=O. The fourth-order valence-corrected chi connectivity index (χ4v) is 3.13. The van der Waals surface area contributed by atoms with Crippen LogP contribution >= 0.6 is 0 Å². The monoisotopic (exact) mass is 403 g/mol. The third kappa shape index (κ3) is 5.11. The van der Waals surface area contributed by atoms with Gasteiger partial charge >= 0.3 is 17.8 Å². The Morgan fingerprint density at radius 3 is 2.72 bits per heavy atom. The fraction of sp³-hybridized carbons (Fsp3) is 0.368. The molecule has 2 heterocycles. The van der Waals surface area contributed by atoms with Gasteiger partial charge in [0.25, 0.3) is 5.56 Å². The zero-order valence-corrected chi connectivity index (χ0v) is 15.7. The van der Waals surface area contributed by atoms with E-state index in [9.17, 15) is 19.2 Å². The zero-order chi connectivity index (χ0) is 21.0. The van der Waals surface area contributed by atoms with Crippen molar-refractivity contribution < 1.29 is 24.2 Å². The van der Waals surface area contributed by atoms with E-state index in [1.54, 1.807) is 12.1 Å². The molecule has 10 heteroatoms. The molecule has 0 spiro atoms. The maximum absolute atomic E-state index is 12.2. The van der Waals surface area contributed by atoms with Crippen LogP contribution in [-0.2, 0) is 20.9 Å². The highest BCUT2D eigenvalue weighted by atomic mass is 16.6. The molecule has 2 aromatic rings. The highest BCUT2D eigenvalue weighted by Crippen LogP contribution is 2.29. The van der Waals surface area contributed by atoms with E-state index in [0.29, 0.717) is 5.56 Å². The Morgan fingerprint density at radius 2 is 2.03 bits per heavy atom. The van der Waals surface area contributed by atoms with Crippen LogP contribution in [-0.4, -0.2) is 38.9 Å². The number of H-pyrrole nitrogens is 1. The van der Waals surface area contributed by atoms with Gasteiger partial charge in [0.15, 0.2) is 0 Å². The predicted molar refractivity (Wildman–Crippen MR) is 100 cm³/mol. The number of carboxylic acids is 1. The van der Waals surface area contributed by atoms with E-state index in [2.05, 4.69) is 10.3 Å². The maximum atomic E-state index is 12.2. The Kier molecular flexibility index (Phi) is 6.13. The second-order valence-electron chi connectivity index (χ2n) is 6.75. The molecule has 29 heavy (non-hydrogen) atoms. The van der Waals surface area contributed by atoms with Gasteiger partial charge in [0.2, 0.25) is 0 Å². The molecule has 154 valence electrons. The minimum absolute atomic E-state index is 0.0614. The van der Waals surface area contributed by atoms with Crippen molar-refractivity contribution in [3.8, 4) is 0 Å². The van der Waals surface area contributed by atoms with Gasteiger partial charge in [-0.3, -0.25) is 19.1 Å². The summed E-state index contributed by atoms with van der Waals surface area (Å²) in [5.41, 5.74) is -0.0697. The second kappa shape index (κ2) is 8.74. The first kappa shape index (κ1) is 20.3. The van der Waals surface area contributed by atoms with Gasteiger partial charge in [-0.25, -0.2) is 9.59 Å². The van der Waals surface area contributed by atoms with Crippen LogP contribution in [0.5, 0.6) is 0 Å². The fourth-order valence-electron chi connectivity index (χ4n) is 3.13. The number of hydrogen-bond donors (Lipinski definition) is 3. The van der Waals surface area contributed by atoms with Crippen molar-refractivity contribution in [2.75, 3.05) is 0 Å². The molecule has 1 aromatic carbocycles. The molecule has 1 fully saturated rings. The van der Waals surface area contributed by atoms with Gasteiger partial charge in [0.1, 0.15) is 12.8 Å². The number of aryl methyl sites for hydroxylation is 1. The number of carbonyl (C=O) groups is 2. The van der Waals surface area contributed by atoms with Crippen LogP contribution in [0.1, 0.15) is 30.2 Å². The number of alkyl carbamates (subject to hydrolysis) is 1. The Labute approximate surface area is 165 Å². The van der Waals surface area contributed by atoms with E-state index in [0.717, 1.165) is 5.56 Å². The van der Waals surface area contributed by atoms with Crippen molar-refractivity contribution in [1.82, 2.24) is 14.9 Å². The Hall–Kier alpha value is -3.40. The van der Waals surface area contributed by atoms with Crippen LogP contribution in [0, 0.1) is 6.92 Å². The number of amides is 1. The van der Waals surface area contributed by atoms with Crippen molar-refractivity contribution in [2.45, 2.75) is 44.7 Å². The third-order valence-corrected chi connectivity index (χ3v) is 4.58. The molecule has 3 rings (SSSR count). The van der Waals surface area contributed by atoms with E-state index in [-0.39, 0.29) is 19.4 Å². The zero-order valence-electron chi connectivity index (χ0n) is 15.7. The average Bonchev–Trinajstić information content (AvgIpc) is 3.05. The van der Waals surface area contributed by atoms with E-state index in [1.165, 1.54) is 17.7 Å². The normalized spacial score (nSPS) is 20.9. The summed E-state index contributed by atoms with van der Waals surface area (Å²) < 4.78 is 12.1. The molecule has 1 aliphatic rings. The molecule has 10 nitrogen and oxygen atoms in total. The highest BCUT2D eigenvalue weighted by Gasteiger charge is 2.39. The average molecular weight is 403 g/mol. The largest absolute Gasteiger partial charge is 0.481 e. The van der Waals surface area contributed by atoms with Gasteiger partial charge in [-0.2, -0.15) is 0 Å². The number of carbonyl (C=O) groups excluding carboxylic acids is 1. The summed E-state index contributed by atoms with van der Waals surface area (Å²) in [4.78, 5) is 49.2. The number of ether oxygens (including phenoxy) is 2. The molecule has 1 saturated heterocycles. The van der Waals surface area contributed by atoms with Gasteiger partial charge in [-0.15, -0.1) is 0 Å². The van der Waals surface area contributed by atoms with E-state index in [1.807, 2.05) is 18.2 Å². The second-order valence-corrected chi connectivity index (χ2v) is 6.75. The lowest BCUT2D eigenvalue weighted by molar-refractivity contribution is -0.140. The smallest absolute Gasteiger partial charge is 0.407 e. The maximum Gasteiger partial charge on any atom is 0.407 e. The highest BCUT2D eigenvalue weighted by molar-refractivity contribution is 5.69. The molecular formula is C19H21N3O7. The Bertz CT molecular complexity index is 999. The summed E-state index contributed by atoms with van der Waals surface area (Å²) in [5, 5.41) is 11.7. The van der Waals surface area contributed by atoms with E-state index in [4.69, 9.17) is 14.6 Å². The summed E-state index contributed by atoms with van der Waals surface area (Å²) in [5.74, 6) is -1.11. The summed E-state index contributed by atoms with van der Waals surface area (Å²) in [6.07, 6.45) is -1.29.